The molecule has 4 N–H and O–H groups in total. The Morgan fingerprint density at radius 1 is 0.719 bits per heavy atom. The fourth-order valence-corrected chi connectivity index (χ4v) is 3.07. The van der Waals surface area contributed by atoms with Crippen LogP contribution in [0.2, 0.25) is 0 Å². The molecule has 3 amide bonds. The number of amides is 3. The quantitative estimate of drug-likeness (QED) is 0.416. The second kappa shape index (κ2) is 11.3. The molecule has 0 aliphatic rings. The first-order chi connectivity index (χ1) is 15.5. The first kappa shape index (κ1) is 22.6. The van der Waals surface area contributed by atoms with Gasteiger partial charge in [-0.05, 0) is 54.4 Å². The van der Waals surface area contributed by atoms with Crippen molar-refractivity contribution in [3.63, 3.8) is 0 Å². The molecule has 0 bridgehead atoms. The predicted molar refractivity (Wildman–Crippen MR) is 127 cm³/mol. The van der Waals surface area contributed by atoms with Crippen molar-refractivity contribution in [2.24, 2.45) is 0 Å². The van der Waals surface area contributed by atoms with Crippen molar-refractivity contribution in [2.45, 2.75) is 12.8 Å². The number of hydrogen-bond acceptors (Lipinski definition) is 4. The summed E-state index contributed by atoms with van der Waals surface area (Å²) in [5, 5.41) is 11.3. The molecule has 0 aliphatic carbocycles. The first-order valence-corrected chi connectivity index (χ1v) is 10.3. The summed E-state index contributed by atoms with van der Waals surface area (Å²) < 4.78 is 0. The summed E-state index contributed by atoms with van der Waals surface area (Å²) >= 11 is 0. The fourth-order valence-electron chi connectivity index (χ4n) is 3.07. The van der Waals surface area contributed by atoms with E-state index in [2.05, 4.69) is 21.3 Å². The van der Waals surface area contributed by atoms with Gasteiger partial charge in [0.05, 0.1) is 6.54 Å². The molecule has 3 aromatic carbocycles. The van der Waals surface area contributed by atoms with Crippen LogP contribution in [0, 0.1) is 0 Å². The molecule has 7 heteroatoms. The Kier molecular flexibility index (Phi) is 7.97. The van der Waals surface area contributed by atoms with Crippen LogP contribution in [0.3, 0.4) is 0 Å². The van der Waals surface area contributed by atoms with Crippen LogP contribution < -0.4 is 21.3 Å². The van der Waals surface area contributed by atoms with E-state index in [1.165, 1.54) is 0 Å². The highest BCUT2D eigenvalue weighted by Crippen LogP contribution is 2.16. The summed E-state index contributed by atoms with van der Waals surface area (Å²) in [4.78, 5) is 36.0. The fraction of sp³-hybridized carbons (Fsp3) is 0.160. The molecule has 0 saturated heterocycles. The normalized spacial score (nSPS) is 10.2. The van der Waals surface area contributed by atoms with Crippen LogP contribution in [0.15, 0.2) is 78.9 Å². The van der Waals surface area contributed by atoms with Crippen LogP contribution in [-0.4, -0.2) is 31.3 Å². The molecular formula is C25H26N4O3. The molecule has 0 fully saturated rings. The van der Waals surface area contributed by atoms with Crippen LogP contribution in [0.4, 0.5) is 17.1 Å². The van der Waals surface area contributed by atoms with Gasteiger partial charge in [0.2, 0.25) is 11.8 Å². The van der Waals surface area contributed by atoms with Gasteiger partial charge in [-0.25, -0.2) is 0 Å². The third-order valence-electron chi connectivity index (χ3n) is 4.74. The molecule has 0 saturated carbocycles. The van der Waals surface area contributed by atoms with E-state index >= 15 is 0 Å². The van der Waals surface area contributed by atoms with Gasteiger partial charge in [0.1, 0.15) is 0 Å². The van der Waals surface area contributed by atoms with Crippen LogP contribution in [0.5, 0.6) is 0 Å². The molecule has 3 aromatic rings. The Labute approximate surface area is 187 Å². The third kappa shape index (κ3) is 6.98. The van der Waals surface area contributed by atoms with Crippen molar-refractivity contribution in [1.29, 1.82) is 0 Å². The van der Waals surface area contributed by atoms with E-state index in [0.717, 1.165) is 11.3 Å². The summed E-state index contributed by atoms with van der Waals surface area (Å²) in [6, 6.07) is 23.7. The van der Waals surface area contributed by atoms with Gasteiger partial charge in [0.15, 0.2) is 0 Å². The second-order valence-electron chi connectivity index (χ2n) is 7.17. The molecule has 32 heavy (non-hydrogen) atoms. The third-order valence-corrected chi connectivity index (χ3v) is 4.74. The minimum absolute atomic E-state index is 0.0581. The highest BCUT2D eigenvalue weighted by molar-refractivity contribution is 5.96. The highest BCUT2D eigenvalue weighted by Gasteiger charge is 2.07. The standard InChI is InChI=1S/C25H26N4O3/c1-26-25(32)19-11-13-20(14-12-19)28-24(31)17-27-21-8-5-9-22(16-21)29-23(30)15-10-18-6-3-2-4-7-18/h2-9,11-14,16,27H,10,15,17H2,1H3,(H,26,32)(H,28,31)(H,29,30). The van der Waals surface area contributed by atoms with Crippen molar-refractivity contribution >= 4 is 34.8 Å². The maximum absolute atomic E-state index is 12.2. The van der Waals surface area contributed by atoms with Crippen LogP contribution in [-0.2, 0) is 16.0 Å². The average Bonchev–Trinajstić information content (AvgIpc) is 2.82. The first-order valence-electron chi connectivity index (χ1n) is 10.3. The number of benzene rings is 3. The lowest BCUT2D eigenvalue weighted by Crippen LogP contribution is -2.22. The number of carbonyl (C=O) groups excluding carboxylic acids is 3. The number of aryl methyl sites for hydroxylation is 1. The zero-order valence-electron chi connectivity index (χ0n) is 17.9. The number of anilines is 3. The summed E-state index contributed by atoms with van der Waals surface area (Å²) in [5.41, 5.74) is 3.62. The van der Waals surface area contributed by atoms with Gasteiger partial charge in [0, 0.05) is 36.1 Å². The van der Waals surface area contributed by atoms with Gasteiger partial charge in [-0.1, -0.05) is 36.4 Å². The van der Waals surface area contributed by atoms with Gasteiger partial charge in [-0.15, -0.1) is 0 Å². The number of carbonyl (C=O) groups is 3. The predicted octanol–water partition coefficient (Wildman–Crippen LogP) is 3.67. The van der Waals surface area contributed by atoms with E-state index in [1.807, 2.05) is 42.5 Å². The lowest BCUT2D eigenvalue weighted by atomic mass is 10.1. The maximum Gasteiger partial charge on any atom is 0.251 e. The number of rotatable bonds is 9. The van der Waals surface area contributed by atoms with Crippen molar-refractivity contribution in [3.05, 3.63) is 90.0 Å². The van der Waals surface area contributed by atoms with E-state index in [1.54, 1.807) is 43.4 Å². The Morgan fingerprint density at radius 2 is 1.41 bits per heavy atom. The number of nitrogens with one attached hydrogen (secondary N) is 4. The minimum Gasteiger partial charge on any atom is -0.376 e. The van der Waals surface area contributed by atoms with E-state index in [9.17, 15) is 14.4 Å². The van der Waals surface area contributed by atoms with Crippen molar-refractivity contribution < 1.29 is 14.4 Å². The lowest BCUT2D eigenvalue weighted by molar-refractivity contribution is -0.116. The second-order valence-corrected chi connectivity index (χ2v) is 7.17. The van der Waals surface area contributed by atoms with Gasteiger partial charge in [0.25, 0.3) is 5.91 Å². The van der Waals surface area contributed by atoms with Gasteiger partial charge in [-0.2, -0.15) is 0 Å². The van der Waals surface area contributed by atoms with Gasteiger partial charge < -0.3 is 21.3 Å². The molecule has 3 rings (SSSR count). The molecule has 7 nitrogen and oxygen atoms in total. The van der Waals surface area contributed by atoms with Gasteiger partial charge in [-0.3, -0.25) is 14.4 Å². The van der Waals surface area contributed by atoms with Crippen molar-refractivity contribution in [1.82, 2.24) is 5.32 Å². The zero-order valence-corrected chi connectivity index (χ0v) is 17.9. The average molecular weight is 431 g/mol. The molecule has 0 radical (unpaired) electrons. The van der Waals surface area contributed by atoms with E-state index < -0.39 is 0 Å². The van der Waals surface area contributed by atoms with Crippen LogP contribution >= 0.6 is 0 Å². The number of hydrogen-bond donors (Lipinski definition) is 4. The van der Waals surface area contributed by atoms with Crippen LogP contribution in [0.25, 0.3) is 0 Å². The van der Waals surface area contributed by atoms with Crippen LogP contribution in [0.1, 0.15) is 22.3 Å². The Morgan fingerprint density at radius 3 is 2.12 bits per heavy atom. The largest absolute Gasteiger partial charge is 0.376 e. The van der Waals surface area contributed by atoms with Crippen molar-refractivity contribution in [2.75, 3.05) is 29.5 Å². The maximum atomic E-state index is 12.2. The molecule has 164 valence electrons. The van der Waals surface area contributed by atoms with Gasteiger partial charge >= 0.3 is 0 Å². The van der Waals surface area contributed by atoms with E-state index in [0.29, 0.717) is 29.8 Å². The van der Waals surface area contributed by atoms with E-state index in [-0.39, 0.29) is 24.3 Å². The molecule has 0 aliphatic heterocycles. The molecule has 0 aromatic heterocycles. The summed E-state index contributed by atoms with van der Waals surface area (Å²) in [5.74, 6) is -0.476. The Hall–Kier alpha value is -4.13. The monoisotopic (exact) mass is 430 g/mol. The molecule has 0 atom stereocenters. The lowest BCUT2D eigenvalue weighted by Gasteiger charge is -2.10. The Balaban J connectivity index is 1.46. The highest BCUT2D eigenvalue weighted by atomic mass is 16.2. The summed E-state index contributed by atoms with van der Waals surface area (Å²) in [6.45, 7) is 0.0581. The molecule has 0 heterocycles. The summed E-state index contributed by atoms with van der Waals surface area (Å²) in [7, 11) is 1.56. The smallest absolute Gasteiger partial charge is 0.251 e. The molecular weight excluding hydrogens is 404 g/mol. The van der Waals surface area contributed by atoms with E-state index in [4.69, 9.17) is 0 Å². The van der Waals surface area contributed by atoms with Crippen molar-refractivity contribution in [3.8, 4) is 0 Å². The molecule has 0 spiro atoms. The topological polar surface area (TPSA) is 99.3 Å². The Bertz CT molecular complexity index is 1070. The summed E-state index contributed by atoms with van der Waals surface area (Å²) in [6.07, 6.45) is 1.07. The minimum atomic E-state index is -0.227. The zero-order chi connectivity index (χ0) is 22.8. The molecule has 0 unspecified atom stereocenters. The SMILES string of the molecule is CNC(=O)c1ccc(NC(=O)CNc2cccc(NC(=O)CCc3ccccc3)c2)cc1.